The van der Waals surface area contributed by atoms with Gasteiger partial charge in [-0.1, -0.05) is 65.4 Å². The smallest absolute Gasteiger partial charge is 0.338 e. The number of nitrogens with zero attached hydrogens (tertiary/aromatic N) is 2. The maximum Gasteiger partial charge on any atom is 0.338 e. The fourth-order valence-electron chi connectivity index (χ4n) is 4.20. The van der Waals surface area contributed by atoms with Crippen molar-refractivity contribution in [3.8, 4) is 5.75 Å². The lowest BCUT2D eigenvalue weighted by Gasteiger charge is -2.26. The molecule has 36 heavy (non-hydrogen) atoms. The van der Waals surface area contributed by atoms with Gasteiger partial charge in [-0.05, 0) is 62.1 Å². The molecule has 0 unspecified atom stereocenters. The average molecular weight is 570 g/mol. The Bertz CT molecular complexity index is 1510. The second kappa shape index (κ2) is 10.6. The zero-order valence-electron chi connectivity index (χ0n) is 21.2. The van der Waals surface area contributed by atoms with E-state index in [9.17, 15) is 9.59 Å². The molecular weight excluding hydrogens is 540 g/mol. The number of carbonyl (C=O) groups excluding carboxylic acids is 1. The number of hydrogen-bond acceptors (Lipinski definition) is 6. The zero-order valence-corrected chi connectivity index (χ0v) is 23.6. The summed E-state index contributed by atoms with van der Waals surface area (Å²) in [5.41, 5.74) is 3.45. The molecule has 8 heteroatoms. The van der Waals surface area contributed by atoms with Crippen LogP contribution in [0, 0.1) is 0 Å². The molecule has 1 aromatic heterocycles. The number of benzene rings is 2. The van der Waals surface area contributed by atoms with Gasteiger partial charge in [-0.2, -0.15) is 0 Å². The molecule has 2 aromatic carbocycles. The molecule has 3 aromatic rings. The van der Waals surface area contributed by atoms with Gasteiger partial charge >= 0.3 is 5.97 Å². The summed E-state index contributed by atoms with van der Waals surface area (Å²) in [6, 6.07) is 13.0. The van der Waals surface area contributed by atoms with E-state index in [1.807, 2.05) is 36.4 Å². The van der Waals surface area contributed by atoms with E-state index < -0.39 is 12.0 Å². The molecule has 0 N–H and O–H groups in total. The summed E-state index contributed by atoms with van der Waals surface area (Å²) < 4.78 is 14.1. The molecule has 0 fully saturated rings. The van der Waals surface area contributed by atoms with Crippen LogP contribution in [0.5, 0.6) is 5.75 Å². The summed E-state index contributed by atoms with van der Waals surface area (Å²) in [6.07, 6.45) is 1.55. The van der Waals surface area contributed by atoms with Crippen LogP contribution < -0.4 is 19.6 Å². The van der Waals surface area contributed by atoms with Crippen LogP contribution in [-0.2, 0) is 9.53 Å². The number of esters is 1. The van der Waals surface area contributed by atoms with E-state index in [-0.39, 0.29) is 11.7 Å². The number of carbonyl (C=O) groups is 1. The van der Waals surface area contributed by atoms with Gasteiger partial charge in [-0.25, -0.2) is 9.79 Å². The number of thiazole rings is 1. The highest BCUT2D eigenvalue weighted by Gasteiger charge is 2.35. The molecule has 0 saturated carbocycles. The number of allylic oxidation sites excluding steroid dienone is 1. The van der Waals surface area contributed by atoms with Crippen molar-refractivity contribution in [2.75, 3.05) is 7.11 Å². The lowest BCUT2D eigenvalue weighted by molar-refractivity contribution is -0.143. The SMILES string of the molecule is COc1ccc(Br)cc1[C@H]1C(C(=O)OC(C)C)=C(C)N=c2s/c(=C\c3ccc(C(C)C)cc3)c(=O)n21. The van der Waals surface area contributed by atoms with Gasteiger partial charge in [-0.3, -0.25) is 9.36 Å². The van der Waals surface area contributed by atoms with Gasteiger partial charge in [0, 0.05) is 10.0 Å². The van der Waals surface area contributed by atoms with Gasteiger partial charge in [0.05, 0.1) is 29.0 Å². The highest BCUT2D eigenvalue weighted by Crippen LogP contribution is 2.37. The first kappa shape index (κ1) is 26.1. The normalized spacial score (nSPS) is 15.8. The topological polar surface area (TPSA) is 69.9 Å². The van der Waals surface area contributed by atoms with Crippen LogP contribution in [0.4, 0.5) is 0 Å². The zero-order chi connectivity index (χ0) is 26.1. The van der Waals surface area contributed by atoms with E-state index in [2.05, 4.69) is 46.9 Å². The van der Waals surface area contributed by atoms with E-state index in [4.69, 9.17) is 9.47 Å². The van der Waals surface area contributed by atoms with E-state index in [1.165, 1.54) is 16.9 Å². The second-order valence-corrected chi connectivity index (χ2v) is 11.2. The molecule has 188 valence electrons. The molecule has 0 aliphatic carbocycles. The number of methoxy groups -OCH3 is 1. The van der Waals surface area contributed by atoms with Crippen LogP contribution in [0.25, 0.3) is 6.08 Å². The highest BCUT2D eigenvalue weighted by atomic mass is 79.9. The van der Waals surface area contributed by atoms with Crippen LogP contribution in [-0.4, -0.2) is 23.8 Å². The molecule has 4 rings (SSSR count). The Hall–Kier alpha value is -2.97. The molecule has 0 spiro atoms. The van der Waals surface area contributed by atoms with E-state index >= 15 is 0 Å². The Morgan fingerprint density at radius 2 is 1.83 bits per heavy atom. The van der Waals surface area contributed by atoms with E-state index in [1.54, 1.807) is 32.4 Å². The van der Waals surface area contributed by atoms with Gasteiger partial charge in [0.1, 0.15) is 11.8 Å². The molecule has 1 aliphatic rings. The molecule has 0 saturated heterocycles. The second-order valence-electron chi connectivity index (χ2n) is 9.24. The quantitative estimate of drug-likeness (QED) is 0.389. The minimum atomic E-state index is -0.745. The van der Waals surface area contributed by atoms with Crippen molar-refractivity contribution in [1.29, 1.82) is 0 Å². The first-order valence-electron chi connectivity index (χ1n) is 11.8. The molecule has 6 nitrogen and oxygen atoms in total. The van der Waals surface area contributed by atoms with Crippen molar-refractivity contribution >= 4 is 39.3 Å². The molecular formula is C28H29BrN2O4S. The number of rotatable bonds is 6. The Morgan fingerprint density at radius 1 is 1.14 bits per heavy atom. The van der Waals surface area contributed by atoms with Crippen LogP contribution in [0.2, 0.25) is 0 Å². The first-order valence-corrected chi connectivity index (χ1v) is 13.4. The average Bonchev–Trinajstić information content (AvgIpc) is 3.12. The fraction of sp³-hybridized carbons (Fsp3) is 0.321. The molecule has 0 radical (unpaired) electrons. The van der Waals surface area contributed by atoms with Crippen molar-refractivity contribution in [1.82, 2.24) is 4.57 Å². The minimum Gasteiger partial charge on any atom is -0.496 e. The predicted octanol–water partition coefficient (Wildman–Crippen LogP) is 5.08. The van der Waals surface area contributed by atoms with Gasteiger partial charge in [-0.15, -0.1) is 0 Å². The van der Waals surface area contributed by atoms with Crippen LogP contribution >= 0.6 is 27.3 Å². The Morgan fingerprint density at radius 3 is 2.44 bits per heavy atom. The summed E-state index contributed by atoms with van der Waals surface area (Å²) in [5.74, 6) is 0.486. The highest BCUT2D eigenvalue weighted by molar-refractivity contribution is 9.10. The summed E-state index contributed by atoms with van der Waals surface area (Å²) in [6.45, 7) is 9.65. The Kier molecular flexibility index (Phi) is 7.66. The Balaban J connectivity index is 1.95. The maximum absolute atomic E-state index is 13.8. The molecule has 2 heterocycles. The summed E-state index contributed by atoms with van der Waals surface area (Å²) in [7, 11) is 1.57. The van der Waals surface area contributed by atoms with Crippen molar-refractivity contribution in [2.45, 2.75) is 52.7 Å². The van der Waals surface area contributed by atoms with Gasteiger partial charge < -0.3 is 9.47 Å². The lowest BCUT2D eigenvalue weighted by Crippen LogP contribution is -2.40. The number of hydrogen-bond donors (Lipinski definition) is 0. The van der Waals surface area contributed by atoms with Crippen molar-refractivity contribution in [3.05, 3.63) is 94.6 Å². The van der Waals surface area contributed by atoms with Crippen molar-refractivity contribution < 1.29 is 14.3 Å². The van der Waals surface area contributed by atoms with Gasteiger partial charge in [0.2, 0.25) is 0 Å². The number of aromatic nitrogens is 1. The van der Waals surface area contributed by atoms with Crippen molar-refractivity contribution in [3.63, 3.8) is 0 Å². The van der Waals surface area contributed by atoms with Crippen LogP contribution in [0.15, 0.2) is 68.0 Å². The fourth-order valence-corrected chi connectivity index (χ4v) is 5.63. The summed E-state index contributed by atoms with van der Waals surface area (Å²) in [4.78, 5) is 32.3. The third-order valence-corrected chi connectivity index (χ3v) is 7.45. The maximum atomic E-state index is 13.8. The van der Waals surface area contributed by atoms with Crippen molar-refractivity contribution in [2.24, 2.45) is 4.99 Å². The third-order valence-electron chi connectivity index (χ3n) is 5.97. The molecule has 1 atom stereocenters. The molecule has 0 bridgehead atoms. The monoisotopic (exact) mass is 568 g/mol. The molecule has 0 amide bonds. The number of halogens is 1. The largest absolute Gasteiger partial charge is 0.496 e. The third kappa shape index (κ3) is 5.11. The standard InChI is InChI=1S/C28H29BrN2O4S/c1-15(2)19-9-7-18(8-10-19)13-23-26(32)31-25(21-14-20(29)11-12-22(21)34-6)24(27(33)35-16(3)4)17(5)30-28(31)36-23/h7-16,25H,1-6H3/b23-13-/t25-/m0/s1. The number of fused-ring (bicyclic) bond motifs is 1. The Labute approximate surface area is 222 Å². The van der Waals surface area contributed by atoms with Crippen LogP contribution in [0.1, 0.15) is 63.3 Å². The van der Waals surface area contributed by atoms with Crippen LogP contribution in [0.3, 0.4) is 0 Å². The lowest BCUT2D eigenvalue weighted by atomic mass is 9.95. The molecule has 1 aliphatic heterocycles. The van der Waals surface area contributed by atoms with Gasteiger partial charge in [0.15, 0.2) is 4.80 Å². The predicted molar refractivity (Wildman–Crippen MR) is 146 cm³/mol. The first-order chi connectivity index (χ1) is 17.1. The van der Waals surface area contributed by atoms with E-state index in [0.717, 1.165) is 10.0 Å². The number of ether oxygens (including phenoxy) is 2. The summed E-state index contributed by atoms with van der Waals surface area (Å²) in [5, 5.41) is 0. The summed E-state index contributed by atoms with van der Waals surface area (Å²) >= 11 is 4.83. The minimum absolute atomic E-state index is 0.221. The van der Waals surface area contributed by atoms with E-state index in [0.29, 0.717) is 37.8 Å². The van der Waals surface area contributed by atoms with Gasteiger partial charge in [0.25, 0.3) is 5.56 Å².